The Kier molecular flexibility index (Phi) is 7.85. The molecule has 0 saturated carbocycles. The first kappa shape index (κ1) is 27.2. The van der Waals surface area contributed by atoms with Gasteiger partial charge in [-0.3, -0.25) is 4.55 Å². The lowest BCUT2D eigenvalue weighted by Gasteiger charge is -2.11. The molecule has 5 aromatic rings. The summed E-state index contributed by atoms with van der Waals surface area (Å²) < 4.78 is 34.3. The maximum Gasteiger partial charge on any atom is 0.296 e. The predicted octanol–water partition coefficient (Wildman–Crippen LogP) is 9.08. The summed E-state index contributed by atoms with van der Waals surface area (Å²) in [7, 11) is -3.15. The molecule has 0 bridgehead atoms. The number of aromatic hydroxyl groups is 1. The first-order valence-corrected chi connectivity index (χ1v) is 13.7. The molecule has 204 valence electrons. The van der Waals surface area contributed by atoms with E-state index in [0.717, 1.165) is 5.69 Å². The highest BCUT2D eigenvalue weighted by Crippen LogP contribution is 2.42. The second kappa shape index (κ2) is 11.8. The first-order chi connectivity index (χ1) is 19.8. The van der Waals surface area contributed by atoms with E-state index >= 15 is 0 Å². The van der Waals surface area contributed by atoms with E-state index in [2.05, 4.69) is 36.0 Å². The normalized spacial score (nSPS) is 12.1. The van der Waals surface area contributed by atoms with Crippen molar-refractivity contribution in [2.45, 2.75) is 4.90 Å². The summed E-state index contributed by atoms with van der Waals surface area (Å²) in [5.41, 5.74) is 3.37. The molecule has 0 amide bonds. The summed E-state index contributed by atoms with van der Waals surface area (Å²) >= 11 is 0. The summed E-state index contributed by atoms with van der Waals surface area (Å²) in [6.45, 7) is 0. The molecule has 0 radical (unpaired) electrons. The van der Waals surface area contributed by atoms with Gasteiger partial charge < -0.3 is 10.4 Å². The highest BCUT2D eigenvalue weighted by Gasteiger charge is 2.22. The van der Waals surface area contributed by atoms with Crippen molar-refractivity contribution in [3.05, 3.63) is 103 Å². The Labute approximate surface area is 235 Å². The van der Waals surface area contributed by atoms with E-state index in [9.17, 15) is 18.1 Å². The summed E-state index contributed by atoms with van der Waals surface area (Å²) in [4.78, 5) is -0.569. The van der Waals surface area contributed by atoms with Gasteiger partial charge in [-0.2, -0.15) is 34.0 Å². The first-order valence-electron chi connectivity index (χ1n) is 12.2. The topological polar surface area (TPSA) is 161 Å². The molecule has 0 saturated heterocycles. The number of para-hydroxylation sites is 1. The Morgan fingerprint density at radius 3 is 1.71 bits per heavy atom. The van der Waals surface area contributed by atoms with Crippen molar-refractivity contribution in [1.82, 2.24) is 0 Å². The molecule has 5 rings (SSSR count). The van der Waals surface area contributed by atoms with Crippen LogP contribution in [0.4, 0.5) is 39.8 Å². The van der Waals surface area contributed by atoms with E-state index in [1.165, 1.54) is 6.07 Å². The molecule has 11 nitrogen and oxygen atoms in total. The molecule has 0 fully saturated rings. The van der Waals surface area contributed by atoms with Gasteiger partial charge in [0, 0.05) is 23.8 Å². The fraction of sp³-hybridized carbons (Fsp3) is 0.0345. The molecule has 0 aromatic heterocycles. The Hall–Kier alpha value is -5.33. The van der Waals surface area contributed by atoms with Crippen molar-refractivity contribution >= 4 is 60.7 Å². The van der Waals surface area contributed by atoms with Crippen molar-refractivity contribution in [1.29, 1.82) is 0 Å². The molecular weight excluding hydrogens is 542 g/mol. The van der Waals surface area contributed by atoms with Crippen LogP contribution in [-0.2, 0) is 10.1 Å². The lowest BCUT2D eigenvalue weighted by molar-refractivity contribution is 0.472. The smallest absolute Gasteiger partial charge is 0.296 e. The van der Waals surface area contributed by atoms with Crippen LogP contribution >= 0.6 is 0 Å². The maximum atomic E-state index is 12.2. The second-order valence-corrected chi connectivity index (χ2v) is 10.1. The van der Waals surface area contributed by atoms with E-state index in [-0.39, 0.29) is 5.69 Å². The number of hydrogen-bond acceptors (Lipinski definition) is 10. The molecule has 0 heterocycles. The van der Waals surface area contributed by atoms with Crippen LogP contribution in [0.3, 0.4) is 0 Å². The van der Waals surface area contributed by atoms with Gasteiger partial charge >= 0.3 is 0 Å². The Balaban J connectivity index is 1.40. The number of rotatable bonds is 8. The number of anilines is 2. The minimum atomic E-state index is -4.74. The molecule has 0 aliphatic rings. The summed E-state index contributed by atoms with van der Waals surface area (Å²) in [5.74, 6) is -0.429. The summed E-state index contributed by atoms with van der Waals surface area (Å²) in [5, 5.41) is 38.9. The monoisotopic (exact) mass is 565 g/mol. The van der Waals surface area contributed by atoms with Crippen LogP contribution in [0, 0.1) is 0 Å². The largest absolute Gasteiger partial charge is 0.505 e. The average molecular weight is 566 g/mol. The number of benzene rings is 5. The van der Waals surface area contributed by atoms with E-state index in [0.29, 0.717) is 39.2 Å². The summed E-state index contributed by atoms with van der Waals surface area (Å²) in [6.07, 6.45) is 0. The van der Waals surface area contributed by atoms with Crippen molar-refractivity contribution in [3.8, 4) is 5.75 Å². The fourth-order valence-corrected chi connectivity index (χ4v) is 4.58. The Bertz CT molecular complexity index is 1890. The van der Waals surface area contributed by atoms with Gasteiger partial charge in [0.15, 0.2) is 5.75 Å². The quantitative estimate of drug-likeness (QED) is 0.126. The van der Waals surface area contributed by atoms with Crippen LogP contribution < -0.4 is 5.32 Å². The van der Waals surface area contributed by atoms with Crippen LogP contribution in [0.25, 0.3) is 10.8 Å². The van der Waals surface area contributed by atoms with Crippen LogP contribution in [0.2, 0.25) is 0 Å². The van der Waals surface area contributed by atoms with Gasteiger partial charge in [-0.15, -0.1) is 5.11 Å². The van der Waals surface area contributed by atoms with Gasteiger partial charge in [-0.1, -0.05) is 18.2 Å². The van der Waals surface area contributed by atoms with E-state index in [4.69, 9.17) is 0 Å². The third-order valence-electron chi connectivity index (χ3n) is 5.85. The second-order valence-electron chi connectivity index (χ2n) is 8.71. The standard InChI is InChI=1S/C29H23N7O4S/c1-30-32-21-7-9-22(10-8-21)33-34-23-11-13-24(14-12-23)35-36-28-27(41(38,39)40)18-19-17-25(15-16-26(19)29(28)37)31-20-5-3-2-4-6-20/h2-18,31,37H,1H3,(H,38,39,40). The van der Waals surface area contributed by atoms with Crippen molar-refractivity contribution in [2.24, 2.45) is 30.7 Å². The van der Waals surface area contributed by atoms with Crippen LogP contribution in [0.5, 0.6) is 5.75 Å². The molecule has 3 N–H and O–H groups in total. The lowest BCUT2D eigenvalue weighted by Crippen LogP contribution is -1.99. The lowest BCUT2D eigenvalue weighted by atomic mass is 10.1. The molecule has 0 aliphatic heterocycles. The molecule has 5 aromatic carbocycles. The number of phenolic OH excluding ortho intramolecular Hbond substituents is 1. The average Bonchev–Trinajstić information content (AvgIpc) is 2.97. The Morgan fingerprint density at radius 2 is 1.17 bits per heavy atom. The van der Waals surface area contributed by atoms with Gasteiger partial charge in [0.2, 0.25) is 0 Å². The third kappa shape index (κ3) is 6.64. The number of nitrogens with zero attached hydrogens (tertiary/aromatic N) is 6. The van der Waals surface area contributed by atoms with Gasteiger partial charge in [0.25, 0.3) is 10.1 Å². The number of hydrogen-bond donors (Lipinski definition) is 3. The molecule has 12 heteroatoms. The van der Waals surface area contributed by atoms with Gasteiger partial charge in [0.1, 0.15) is 10.6 Å². The minimum absolute atomic E-state index is 0.339. The van der Waals surface area contributed by atoms with E-state index < -0.39 is 20.8 Å². The van der Waals surface area contributed by atoms with Crippen molar-refractivity contribution in [2.75, 3.05) is 12.4 Å². The zero-order valence-corrected chi connectivity index (χ0v) is 22.4. The van der Waals surface area contributed by atoms with Crippen LogP contribution in [0.1, 0.15) is 0 Å². The van der Waals surface area contributed by atoms with Gasteiger partial charge in [-0.25, -0.2) is 0 Å². The summed E-state index contributed by atoms with van der Waals surface area (Å²) in [6, 6.07) is 29.3. The van der Waals surface area contributed by atoms with E-state index in [1.54, 1.807) is 73.8 Å². The molecule has 0 unspecified atom stereocenters. The molecule has 0 atom stereocenters. The number of nitrogens with one attached hydrogen (secondary N) is 1. The zero-order valence-electron chi connectivity index (χ0n) is 21.6. The zero-order chi connectivity index (χ0) is 28.8. The number of azo groups is 3. The van der Waals surface area contributed by atoms with Gasteiger partial charge in [0.05, 0.1) is 22.7 Å². The SMILES string of the molecule is CN=Nc1ccc(N=Nc2ccc(N=Nc3c(S(=O)(=O)O)cc4cc(Nc5ccccc5)ccc4c3O)cc2)cc1. The predicted molar refractivity (Wildman–Crippen MR) is 157 cm³/mol. The third-order valence-corrected chi connectivity index (χ3v) is 6.72. The Morgan fingerprint density at radius 1 is 0.634 bits per heavy atom. The number of fused-ring (bicyclic) bond motifs is 1. The van der Waals surface area contributed by atoms with Crippen molar-refractivity contribution < 1.29 is 18.1 Å². The maximum absolute atomic E-state index is 12.2. The molecular formula is C29H23N7O4S. The van der Waals surface area contributed by atoms with E-state index in [1.807, 2.05) is 30.3 Å². The fourth-order valence-electron chi connectivity index (χ4n) is 3.92. The highest BCUT2D eigenvalue weighted by molar-refractivity contribution is 7.86. The van der Waals surface area contributed by atoms with Crippen LogP contribution in [-0.4, -0.2) is 25.1 Å². The number of phenols is 1. The molecule has 41 heavy (non-hydrogen) atoms. The minimum Gasteiger partial charge on any atom is -0.505 e. The molecule has 0 aliphatic carbocycles. The van der Waals surface area contributed by atoms with Gasteiger partial charge in [-0.05, 0) is 90.3 Å². The van der Waals surface area contributed by atoms with Crippen molar-refractivity contribution in [3.63, 3.8) is 0 Å². The van der Waals surface area contributed by atoms with Crippen LogP contribution in [0.15, 0.2) is 139 Å². The molecule has 0 spiro atoms. The highest BCUT2D eigenvalue weighted by atomic mass is 32.2.